The third-order valence-corrected chi connectivity index (χ3v) is 3.64. The number of nitrogens with zero attached hydrogens (tertiary/aromatic N) is 1. The quantitative estimate of drug-likeness (QED) is 0.827. The first-order valence-corrected chi connectivity index (χ1v) is 7.41. The van der Waals surface area contributed by atoms with Gasteiger partial charge in [-0.1, -0.05) is 6.07 Å². The van der Waals surface area contributed by atoms with Gasteiger partial charge in [0.2, 0.25) is 10.0 Å². The van der Waals surface area contributed by atoms with Crippen molar-refractivity contribution in [1.29, 1.82) is 0 Å². The molecule has 6 nitrogen and oxygen atoms in total. The number of pyridine rings is 1. The van der Waals surface area contributed by atoms with Crippen molar-refractivity contribution in [3.8, 4) is 11.5 Å². The molecule has 2 aromatic rings. The SMILES string of the molecule is Nc1c(Oc2cncc(Br)c2)cccc1S(N)(=O)=O. The molecular formula is C11H10BrN3O3S. The summed E-state index contributed by atoms with van der Waals surface area (Å²) in [6, 6.07) is 6.04. The minimum atomic E-state index is -3.89. The van der Waals surface area contributed by atoms with Gasteiger partial charge in [-0.25, -0.2) is 13.6 Å². The van der Waals surface area contributed by atoms with E-state index in [1.54, 1.807) is 18.3 Å². The van der Waals surface area contributed by atoms with Gasteiger partial charge in [-0.15, -0.1) is 0 Å². The van der Waals surface area contributed by atoms with E-state index in [-0.39, 0.29) is 16.3 Å². The molecule has 0 fully saturated rings. The fourth-order valence-corrected chi connectivity index (χ4v) is 2.46. The number of sulfonamides is 1. The minimum Gasteiger partial charge on any atom is -0.453 e. The monoisotopic (exact) mass is 343 g/mol. The predicted octanol–water partition coefficient (Wildman–Crippen LogP) is 1.87. The highest BCUT2D eigenvalue weighted by Crippen LogP contribution is 2.32. The van der Waals surface area contributed by atoms with Gasteiger partial charge in [0.05, 0.1) is 11.9 Å². The molecule has 8 heteroatoms. The molecule has 2 rings (SSSR count). The zero-order chi connectivity index (χ0) is 14.0. The lowest BCUT2D eigenvalue weighted by molar-refractivity contribution is 0.480. The maximum atomic E-state index is 11.3. The van der Waals surface area contributed by atoms with Gasteiger partial charge in [0, 0.05) is 10.7 Å². The first-order valence-electron chi connectivity index (χ1n) is 5.07. The third kappa shape index (κ3) is 3.22. The second-order valence-corrected chi connectivity index (χ2v) is 6.10. The Balaban J connectivity index is 2.42. The molecule has 0 unspecified atom stereocenters. The summed E-state index contributed by atoms with van der Waals surface area (Å²) in [4.78, 5) is 3.75. The van der Waals surface area contributed by atoms with Crippen LogP contribution in [0.2, 0.25) is 0 Å². The van der Waals surface area contributed by atoms with E-state index in [0.717, 1.165) is 4.47 Å². The zero-order valence-electron chi connectivity index (χ0n) is 9.58. The number of anilines is 1. The van der Waals surface area contributed by atoms with E-state index in [1.807, 2.05) is 0 Å². The summed E-state index contributed by atoms with van der Waals surface area (Å²) >= 11 is 3.25. The Morgan fingerprint density at radius 1 is 1.26 bits per heavy atom. The lowest BCUT2D eigenvalue weighted by Crippen LogP contribution is -2.14. The van der Waals surface area contributed by atoms with Gasteiger partial charge >= 0.3 is 0 Å². The van der Waals surface area contributed by atoms with Crippen molar-refractivity contribution in [2.24, 2.45) is 5.14 Å². The van der Waals surface area contributed by atoms with E-state index >= 15 is 0 Å². The van der Waals surface area contributed by atoms with Gasteiger partial charge in [0.15, 0.2) is 5.75 Å². The summed E-state index contributed by atoms with van der Waals surface area (Å²) in [5, 5.41) is 5.06. The van der Waals surface area contributed by atoms with Crippen LogP contribution in [-0.4, -0.2) is 13.4 Å². The molecule has 0 spiro atoms. The van der Waals surface area contributed by atoms with Gasteiger partial charge in [-0.05, 0) is 34.1 Å². The number of para-hydroxylation sites is 1. The molecule has 0 aliphatic heterocycles. The summed E-state index contributed by atoms with van der Waals surface area (Å²) in [5.41, 5.74) is 5.70. The van der Waals surface area contributed by atoms with E-state index in [9.17, 15) is 8.42 Å². The number of rotatable bonds is 3. The Kier molecular flexibility index (Phi) is 3.74. The van der Waals surface area contributed by atoms with Crippen molar-refractivity contribution in [1.82, 2.24) is 4.98 Å². The molecule has 100 valence electrons. The molecule has 0 amide bonds. The highest BCUT2D eigenvalue weighted by molar-refractivity contribution is 9.10. The summed E-state index contributed by atoms with van der Waals surface area (Å²) in [6.07, 6.45) is 3.07. The van der Waals surface area contributed by atoms with Gasteiger partial charge in [0.1, 0.15) is 10.6 Å². The van der Waals surface area contributed by atoms with Gasteiger partial charge in [-0.2, -0.15) is 0 Å². The average Bonchev–Trinajstić information content (AvgIpc) is 2.30. The fraction of sp³-hybridized carbons (Fsp3) is 0. The zero-order valence-corrected chi connectivity index (χ0v) is 12.0. The fourth-order valence-electron chi connectivity index (χ4n) is 1.44. The minimum absolute atomic E-state index is 0.0371. The summed E-state index contributed by atoms with van der Waals surface area (Å²) in [6.45, 7) is 0. The molecule has 0 aliphatic rings. The number of aromatic nitrogens is 1. The number of ether oxygens (including phenoxy) is 1. The number of primary sulfonamides is 1. The van der Waals surface area contributed by atoms with Crippen LogP contribution in [-0.2, 0) is 10.0 Å². The molecule has 0 saturated heterocycles. The normalized spacial score (nSPS) is 11.3. The van der Waals surface area contributed by atoms with E-state index in [0.29, 0.717) is 5.75 Å². The van der Waals surface area contributed by atoms with Crippen LogP contribution in [0.3, 0.4) is 0 Å². The van der Waals surface area contributed by atoms with Crippen molar-refractivity contribution < 1.29 is 13.2 Å². The van der Waals surface area contributed by atoms with Crippen molar-refractivity contribution >= 4 is 31.6 Å². The van der Waals surface area contributed by atoms with Crippen LogP contribution in [0.25, 0.3) is 0 Å². The number of hydrogen-bond donors (Lipinski definition) is 2. The summed E-state index contributed by atoms with van der Waals surface area (Å²) in [7, 11) is -3.89. The van der Waals surface area contributed by atoms with E-state index in [4.69, 9.17) is 15.6 Å². The van der Waals surface area contributed by atoms with Crippen molar-refractivity contribution in [2.75, 3.05) is 5.73 Å². The lowest BCUT2D eigenvalue weighted by Gasteiger charge is -2.10. The maximum Gasteiger partial charge on any atom is 0.240 e. The highest BCUT2D eigenvalue weighted by Gasteiger charge is 2.16. The molecule has 1 heterocycles. The standard InChI is InChI=1S/C11H10BrN3O3S/c12-7-4-8(6-15-5-7)18-9-2-1-3-10(11(9)13)19(14,16)17/h1-6H,13H2,(H2,14,16,17). The van der Waals surface area contributed by atoms with E-state index < -0.39 is 10.0 Å². The van der Waals surface area contributed by atoms with Gasteiger partial charge < -0.3 is 10.5 Å². The Bertz CT molecular complexity index is 719. The molecule has 0 aliphatic carbocycles. The number of hydrogen-bond acceptors (Lipinski definition) is 5. The Labute approximate surface area is 118 Å². The third-order valence-electron chi connectivity index (χ3n) is 2.24. The first kappa shape index (κ1) is 13.8. The maximum absolute atomic E-state index is 11.3. The van der Waals surface area contributed by atoms with Crippen molar-refractivity contribution in [3.63, 3.8) is 0 Å². The second kappa shape index (κ2) is 5.16. The number of halogens is 1. The van der Waals surface area contributed by atoms with E-state index in [1.165, 1.54) is 18.3 Å². The van der Waals surface area contributed by atoms with Crippen LogP contribution >= 0.6 is 15.9 Å². The van der Waals surface area contributed by atoms with Crippen LogP contribution < -0.4 is 15.6 Å². The topological polar surface area (TPSA) is 108 Å². The molecule has 1 aromatic heterocycles. The smallest absolute Gasteiger partial charge is 0.240 e. The second-order valence-electron chi connectivity index (χ2n) is 3.65. The van der Waals surface area contributed by atoms with Gasteiger partial charge in [-0.3, -0.25) is 4.98 Å². The van der Waals surface area contributed by atoms with Crippen molar-refractivity contribution in [3.05, 3.63) is 41.1 Å². The average molecular weight is 344 g/mol. The molecule has 0 saturated carbocycles. The van der Waals surface area contributed by atoms with Gasteiger partial charge in [0.25, 0.3) is 0 Å². The molecule has 0 radical (unpaired) electrons. The molecule has 4 N–H and O–H groups in total. The van der Waals surface area contributed by atoms with Crippen LogP contribution in [0.15, 0.2) is 46.0 Å². The molecule has 19 heavy (non-hydrogen) atoms. The van der Waals surface area contributed by atoms with Crippen LogP contribution in [0, 0.1) is 0 Å². The van der Waals surface area contributed by atoms with E-state index in [2.05, 4.69) is 20.9 Å². The summed E-state index contributed by atoms with van der Waals surface area (Å²) in [5.74, 6) is 0.624. The van der Waals surface area contributed by atoms with Crippen LogP contribution in [0.5, 0.6) is 11.5 Å². The molecule has 0 atom stereocenters. The molecular weight excluding hydrogens is 334 g/mol. The highest BCUT2D eigenvalue weighted by atomic mass is 79.9. The molecule has 1 aromatic carbocycles. The largest absolute Gasteiger partial charge is 0.453 e. The Morgan fingerprint density at radius 3 is 2.63 bits per heavy atom. The summed E-state index contributed by atoms with van der Waals surface area (Å²) < 4.78 is 28.9. The Morgan fingerprint density at radius 2 is 2.00 bits per heavy atom. The Hall–Kier alpha value is -1.64. The van der Waals surface area contributed by atoms with Crippen molar-refractivity contribution in [2.45, 2.75) is 4.90 Å². The first-order chi connectivity index (χ1) is 8.88. The number of nitrogens with two attached hydrogens (primary N) is 2. The predicted molar refractivity (Wildman–Crippen MR) is 74.2 cm³/mol. The van der Waals surface area contributed by atoms with Crippen LogP contribution in [0.4, 0.5) is 5.69 Å². The number of nitrogen functional groups attached to an aromatic ring is 1. The number of benzene rings is 1. The van der Waals surface area contributed by atoms with Crippen LogP contribution in [0.1, 0.15) is 0 Å². The lowest BCUT2D eigenvalue weighted by atomic mass is 10.3. The molecule has 0 bridgehead atoms.